The van der Waals surface area contributed by atoms with Gasteiger partial charge >= 0.3 is 16.2 Å². The predicted octanol–water partition coefficient (Wildman–Crippen LogP) is 1.70. The molecule has 0 aromatic heterocycles. The first-order valence-corrected chi connectivity index (χ1v) is 20.1. The van der Waals surface area contributed by atoms with Gasteiger partial charge in [-0.1, -0.05) is 73.3 Å². The second-order valence-corrected chi connectivity index (χ2v) is 18.3. The summed E-state index contributed by atoms with van der Waals surface area (Å²) in [7, 11) is -4.04. The second kappa shape index (κ2) is 16.2. The first-order valence-electron chi connectivity index (χ1n) is 18.7. The first-order chi connectivity index (χ1) is 24.3. The molecule has 0 radical (unpaired) electrons. The van der Waals surface area contributed by atoms with E-state index in [1.807, 2.05) is 27.7 Å². The Morgan fingerprint density at radius 1 is 0.981 bits per heavy atom. The minimum Gasteiger partial charge on any atom is -0.346 e. The molecule has 0 aromatic carbocycles. The van der Waals surface area contributed by atoms with Gasteiger partial charge in [-0.15, -0.1) is 6.58 Å². The highest BCUT2D eigenvalue weighted by Gasteiger charge is 2.69. The van der Waals surface area contributed by atoms with Crippen molar-refractivity contribution in [2.45, 2.75) is 118 Å². The van der Waals surface area contributed by atoms with Gasteiger partial charge in [0.2, 0.25) is 23.5 Å². The number of nitrogens with one attached hydrogen (secondary N) is 4. The van der Waals surface area contributed by atoms with Crippen LogP contribution in [0, 0.1) is 28.6 Å². The third-order valence-electron chi connectivity index (χ3n) is 11.5. The summed E-state index contributed by atoms with van der Waals surface area (Å²) in [6.07, 6.45) is 6.45. The van der Waals surface area contributed by atoms with Crippen LogP contribution in [0.4, 0.5) is 4.79 Å². The molecule has 6 amide bonds. The minimum atomic E-state index is -4.04. The number of urea groups is 1. The van der Waals surface area contributed by atoms with Crippen LogP contribution in [-0.2, 0) is 34.2 Å². The Morgan fingerprint density at radius 3 is 2.19 bits per heavy atom. The van der Waals surface area contributed by atoms with E-state index in [9.17, 15) is 37.2 Å². The molecule has 0 spiro atoms. The van der Waals surface area contributed by atoms with Crippen LogP contribution in [0.3, 0.4) is 0 Å². The predicted molar refractivity (Wildman–Crippen MR) is 194 cm³/mol. The Bertz CT molecular complexity index is 1520. The molecule has 2 heterocycles. The molecule has 52 heavy (non-hydrogen) atoms. The standard InChI is InChI=1S/C36H59N7O8S/c1-9-14-25(30(45)32(47)37-17-10-2)38-31(46)29-27-24(36(27,7)8)20-42(29)33(48)28(23-15-12-11-13-16-23)40-34(49)39-26(35(4,5)6)21-41-18-19-43(22(3)44)52(41,50)51/h10,23-29H,2,9,11-21H2,1,3-8H3,(H,37,47)(H,38,46)(H2,39,40,49)/t24-,25?,26+,27-,28-,29-/m0/s1. The van der Waals surface area contributed by atoms with E-state index < -0.39 is 69.3 Å². The highest BCUT2D eigenvalue weighted by molar-refractivity contribution is 7.87. The highest BCUT2D eigenvalue weighted by atomic mass is 32.2. The molecule has 4 rings (SSSR count). The summed E-state index contributed by atoms with van der Waals surface area (Å²) in [6.45, 7) is 16.8. The Hall–Kier alpha value is -3.53. The molecule has 1 unspecified atom stereocenters. The molecule has 4 aliphatic rings. The third kappa shape index (κ3) is 8.80. The van der Waals surface area contributed by atoms with Gasteiger partial charge in [-0.2, -0.15) is 12.7 Å². The summed E-state index contributed by atoms with van der Waals surface area (Å²) in [5.74, 6) is -3.33. The molecule has 15 nitrogen and oxygen atoms in total. The second-order valence-electron chi connectivity index (χ2n) is 16.5. The zero-order chi connectivity index (χ0) is 38.8. The van der Waals surface area contributed by atoms with Crippen molar-refractivity contribution in [2.24, 2.45) is 28.6 Å². The van der Waals surface area contributed by atoms with E-state index in [4.69, 9.17) is 0 Å². The molecule has 0 bridgehead atoms. The number of amides is 6. The smallest absolute Gasteiger partial charge is 0.315 e. The van der Waals surface area contributed by atoms with Crippen molar-refractivity contribution in [1.82, 2.24) is 34.8 Å². The summed E-state index contributed by atoms with van der Waals surface area (Å²) >= 11 is 0. The Morgan fingerprint density at radius 2 is 1.63 bits per heavy atom. The molecule has 4 N–H and O–H groups in total. The molecule has 2 saturated heterocycles. The molecule has 2 saturated carbocycles. The number of Topliss-reactive ketones (excluding diaryl/α,β-unsaturated/α-hetero) is 1. The molecular formula is C36H59N7O8S. The van der Waals surface area contributed by atoms with Crippen molar-refractivity contribution in [3.63, 3.8) is 0 Å². The van der Waals surface area contributed by atoms with Gasteiger partial charge in [0, 0.05) is 39.1 Å². The van der Waals surface area contributed by atoms with E-state index in [0.29, 0.717) is 25.8 Å². The van der Waals surface area contributed by atoms with Gasteiger partial charge in [0.1, 0.15) is 12.1 Å². The third-order valence-corrected chi connectivity index (χ3v) is 13.5. The van der Waals surface area contributed by atoms with Gasteiger partial charge < -0.3 is 26.2 Å². The summed E-state index contributed by atoms with van der Waals surface area (Å²) in [5, 5.41) is 11.2. The normalized spacial score (nSPS) is 25.6. The molecule has 2 aliphatic heterocycles. The number of nitrogens with zero attached hydrogens (tertiary/aromatic N) is 3. The molecule has 4 fully saturated rings. The number of likely N-dealkylation sites (tertiary alicyclic amines) is 1. The van der Waals surface area contributed by atoms with E-state index in [1.165, 1.54) is 17.3 Å². The van der Waals surface area contributed by atoms with E-state index in [-0.39, 0.29) is 61.7 Å². The lowest BCUT2D eigenvalue weighted by Gasteiger charge is -2.38. The number of fused-ring (bicyclic) bond motifs is 1. The van der Waals surface area contributed by atoms with Crippen molar-refractivity contribution in [3.05, 3.63) is 12.7 Å². The fourth-order valence-electron chi connectivity index (χ4n) is 8.22. The number of hydrogen-bond acceptors (Lipinski definition) is 8. The van der Waals surface area contributed by atoms with Gasteiger partial charge in [-0.25, -0.2) is 9.10 Å². The maximum Gasteiger partial charge on any atom is 0.315 e. The van der Waals surface area contributed by atoms with Crippen molar-refractivity contribution < 1.29 is 37.2 Å². The lowest BCUT2D eigenvalue weighted by atomic mass is 9.83. The van der Waals surface area contributed by atoms with Crippen LogP contribution in [-0.4, -0.2) is 114 Å². The van der Waals surface area contributed by atoms with Gasteiger partial charge in [0.05, 0.1) is 12.6 Å². The van der Waals surface area contributed by atoms with Crippen LogP contribution in [0.2, 0.25) is 0 Å². The molecule has 0 aromatic rings. The largest absolute Gasteiger partial charge is 0.346 e. The zero-order valence-electron chi connectivity index (χ0n) is 31.8. The van der Waals surface area contributed by atoms with Crippen LogP contribution >= 0.6 is 0 Å². The topological polar surface area (TPSA) is 194 Å². The average Bonchev–Trinajstić information content (AvgIpc) is 3.34. The van der Waals surface area contributed by atoms with Gasteiger partial charge in [-0.3, -0.25) is 24.0 Å². The molecule has 6 atom stereocenters. The SMILES string of the molecule is C=CCNC(=O)C(=O)C(CCC)NC(=O)[C@@H]1[C@@H]2[C@H](CN1C(=O)[C@@H](NC(=O)N[C@H](CN1CCN(C(C)=O)S1(=O)=O)C(C)(C)C)C1CCCCC1)C2(C)C. The molecule has 16 heteroatoms. The monoisotopic (exact) mass is 749 g/mol. The summed E-state index contributed by atoms with van der Waals surface area (Å²) in [4.78, 5) is 81.6. The number of hydrogen-bond donors (Lipinski definition) is 4. The van der Waals surface area contributed by atoms with Gasteiger partial charge in [-0.05, 0) is 47.8 Å². The maximum absolute atomic E-state index is 14.6. The number of carbonyl (C=O) groups excluding carboxylic acids is 6. The Labute approximate surface area is 308 Å². The first kappa shape index (κ1) is 41.2. The van der Waals surface area contributed by atoms with Gasteiger partial charge in [0.15, 0.2) is 0 Å². The Kier molecular flexibility index (Phi) is 12.9. The maximum atomic E-state index is 14.6. The van der Waals surface area contributed by atoms with Crippen LogP contribution in [0.5, 0.6) is 0 Å². The lowest BCUT2D eigenvalue weighted by molar-refractivity contribution is -0.144. The highest BCUT2D eigenvalue weighted by Crippen LogP contribution is 2.65. The van der Waals surface area contributed by atoms with E-state index >= 15 is 0 Å². The summed E-state index contributed by atoms with van der Waals surface area (Å²) in [5.41, 5.74) is -0.815. The number of carbonyl (C=O) groups is 6. The minimum absolute atomic E-state index is 0.0260. The zero-order valence-corrected chi connectivity index (χ0v) is 32.6. The molecule has 292 valence electrons. The van der Waals surface area contributed by atoms with E-state index in [2.05, 4.69) is 41.7 Å². The van der Waals surface area contributed by atoms with E-state index in [0.717, 1.165) is 23.6 Å². The van der Waals surface area contributed by atoms with Crippen LogP contribution in [0.1, 0.15) is 93.4 Å². The summed E-state index contributed by atoms with van der Waals surface area (Å²) in [6, 6.07) is -4.20. The van der Waals surface area contributed by atoms with Crippen LogP contribution < -0.4 is 21.3 Å². The van der Waals surface area contributed by atoms with Crippen molar-refractivity contribution >= 4 is 45.7 Å². The Balaban J connectivity index is 1.55. The lowest BCUT2D eigenvalue weighted by Crippen LogP contribution is -2.61. The van der Waals surface area contributed by atoms with Gasteiger partial charge in [0.25, 0.3) is 5.91 Å². The fraction of sp³-hybridized carbons (Fsp3) is 0.778. The quantitative estimate of drug-likeness (QED) is 0.152. The number of ketones is 1. The molecular weight excluding hydrogens is 691 g/mol. The van der Waals surface area contributed by atoms with Crippen LogP contribution in [0.15, 0.2) is 12.7 Å². The van der Waals surface area contributed by atoms with Crippen molar-refractivity contribution in [3.8, 4) is 0 Å². The molecule has 2 aliphatic carbocycles. The van der Waals surface area contributed by atoms with Crippen molar-refractivity contribution in [2.75, 3.05) is 32.7 Å². The van der Waals surface area contributed by atoms with Crippen LogP contribution in [0.25, 0.3) is 0 Å². The fourth-order valence-corrected chi connectivity index (χ4v) is 9.79. The van der Waals surface area contributed by atoms with Crippen molar-refractivity contribution in [1.29, 1.82) is 0 Å². The number of rotatable bonds is 14. The number of piperidine rings is 1. The average molecular weight is 750 g/mol. The van der Waals surface area contributed by atoms with E-state index in [1.54, 1.807) is 4.90 Å². The summed E-state index contributed by atoms with van der Waals surface area (Å²) < 4.78 is 28.1.